The molecule has 2 aromatic rings. The number of carboxylic acids is 1. The highest BCUT2D eigenvalue weighted by Gasteiger charge is 2.40. The van der Waals surface area contributed by atoms with Crippen LogP contribution in [0.2, 0.25) is 0 Å². The number of rotatable bonds is 7. The van der Waals surface area contributed by atoms with Gasteiger partial charge >= 0.3 is 13.7 Å². The van der Waals surface area contributed by atoms with Crippen molar-refractivity contribution in [1.29, 1.82) is 0 Å². The first-order chi connectivity index (χ1) is 10.9. The van der Waals surface area contributed by atoms with E-state index in [0.717, 1.165) is 15.2 Å². The monoisotopic (exact) mass is 467 g/mol. The first-order valence-electron chi connectivity index (χ1n) is 6.78. The van der Waals surface area contributed by atoms with Crippen LogP contribution < -0.4 is 4.52 Å². The average Bonchev–Trinajstić information content (AvgIpc) is 2.55. The van der Waals surface area contributed by atoms with Crippen LogP contribution in [0, 0.1) is 0 Å². The Labute approximate surface area is 150 Å². The van der Waals surface area contributed by atoms with E-state index in [0.29, 0.717) is 5.75 Å². The van der Waals surface area contributed by atoms with Crippen molar-refractivity contribution >= 4 is 56.9 Å². The average molecular weight is 467 g/mol. The summed E-state index contributed by atoms with van der Waals surface area (Å²) >= 11 is 1.47. The molecule has 0 aromatic heterocycles. The highest BCUT2D eigenvalue weighted by molar-refractivity contribution is 14.1. The Morgan fingerprint density at radius 1 is 1.35 bits per heavy atom. The molecule has 0 bridgehead atoms. The number of carboxylic acid groups (broad SMARTS) is 1. The molecular weight excluding hydrogens is 451 g/mol. The van der Waals surface area contributed by atoms with Gasteiger partial charge in [0.05, 0.1) is 0 Å². The minimum atomic E-state index is -3.84. The predicted molar refractivity (Wildman–Crippen MR) is 101 cm³/mol. The van der Waals surface area contributed by atoms with E-state index in [9.17, 15) is 14.5 Å². The molecule has 9 heteroatoms. The molecule has 0 amide bonds. The number of hydrogen-bond donors (Lipinski definition) is 1. The zero-order chi connectivity index (χ0) is 17.0. The van der Waals surface area contributed by atoms with Gasteiger partial charge in [-0.25, -0.2) is 7.42 Å². The predicted octanol–water partition coefficient (Wildman–Crippen LogP) is 4.65. The first-order valence-corrected chi connectivity index (χ1v) is 9.67. The van der Waals surface area contributed by atoms with Crippen molar-refractivity contribution < 1.29 is 21.8 Å². The van der Waals surface area contributed by atoms with Crippen molar-refractivity contribution in [3.63, 3.8) is 0 Å². The fourth-order valence-electron chi connectivity index (χ4n) is 2.14. The van der Waals surface area contributed by atoms with Gasteiger partial charge in [-0.3, -0.25) is 4.79 Å². The number of fused-ring (bicyclic) bond motifs is 1. The molecule has 1 N–H and O–H groups in total. The van der Waals surface area contributed by atoms with Crippen LogP contribution in [0.1, 0.15) is 13.3 Å². The van der Waals surface area contributed by atoms with Gasteiger partial charge < -0.3 is 9.63 Å². The third-order valence-corrected chi connectivity index (χ3v) is 7.47. The maximum atomic E-state index is 13.0. The van der Waals surface area contributed by atoms with Gasteiger partial charge in [0.15, 0.2) is 0 Å². The van der Waals surface area contributed by atoms with Gasteiger partial charge in [0.1, 0.15) is 34.8 Å². The molecule has 6 nitrogen and oxygen atoms in total. The lowest BCUT2D eigenvalue weighted by Gasteiger charge is -2.28. The van der Waals surface area contributed by atoms with Crippen molar-refractivity contribution in [2.45, 2.75) is 19.4 Å². The zero-order valence-electron chi connectivity index (χ0n) is 12.3. The van der Waals surface area contributed by atoms with Gasteiger partial charge in [-0.05, 0) is 17.9 Å². The summed E-state index contributed by atoms with van der Waals surface area (Å²) in [4.78, 5) is 11.3. The van der Waals surface area contributed by atoms with Crippen LogP contribution in [0.15, 0.2) is 42.5 Å². The maximum Gasteiger partial charge on any atom is 0.474 e. The normalized spacial score (nSPS) is 15.3. The maximum absolute atomic E-state index is 13.0. The van der Waals surface area contributed by atoms with Gasteiger partial charge in [-0.1, -0.05) is 52.7 Å². The van der Waals surface area contributed by atoms with Crippen molar-refractivity contribution in [3.8, 4) is 5.75 Å². The summed E-state index contributed by atoms with van der Waals surface area (Å²) in [6.07, 6.45) is 0.252. The molecule has 0 saturated carbocycles. The summed E-state index contributed by atoms with van der Waals surface area (Å²) in [5.41, 5.74) is 0. The van der Waals surface area contributed by atoms with Crippen LogP contribution >= 0.6 is 40.1 Å². The van der Waals surface area contributed by atoms with Crippen molar-refractivity contribution in [2.75, 3.05) is 0 Å². The summed E-state index contributed by atoms with van der Waals surface area (Å²) in [5, 5.41) is 10.9. The van der Waals surface area contributed by atoms with Crippen molar-refractivity contribution in [2.24, 2.45) is 0 Å². The lowest BCUT2D eigenvalue weighted by Crippen LogP contribution is -2.33. The second-order valence-corrected chi connectivity index (χ2v) is 8.64. The van der Waals surface area contributed by atoms with Crippen molar-refractivity contribution in [1.82, 2.24) is 4.44 Å². The second kappa shape index (κ2) is 7.90. The summed E-state index contributed by atoms with van der Waals surface area (Å²) in [6.45, 7) is 1.69. The van der Waals surface area contributed by atoms with Gasteiger partial charge in [0, 0.05) is 5.39 Å². The third kappa shape index (κ3) is 4.03. The van der Waals surface area contributed by atoms with E-state index >= 15 is 0 Å². The molecule has 2 unspecified atom stereocenters. The molecule has 2 aromatic carbocycles. The van der Waals surface area contributed by atoms with Gasteiger partial charge in [-0.15, -0.1) is 0 Å². The largest absolute Gasteiger partial charge is 0.480 e. The van der Waals surface area contributed by atoms with Crippen LogP contribution in [0.25, 0.3) is 10.8 Å². The zero-order valence-corrected chi connectivity index (χ0v) is 16.5. The number of halogens is 1. The molecule has 3 atom stereocenters. The van der Waals surface area contributed by atoms with E-state index in [2.05, 4.69) is 9.39 Å². The number of carbonyl (C=O) groups is 1. The minimum absolute atomic E-state index is 0.252. The highest BCUT2D eigenvalue weighted by atomic mass is 127. The highest BCUT2D eigenvalue weighted by Crippen LogP contribution is 2.57. The van der Waals surface area contributed by atoms with E-state index < -0.39 is 19.8 Å². The lowest BCUT2D eigenvalue weighted by atomic mass is 10.1. The van der Waals surface area contributed by atoms with Crippen LogP contribution in [0.3, 0.4) is 0 Å². The minimum Gasteiger partial charge on any atom is -0.480 e. The SMILES string of the molecule is CC[C@H](C(=O)O)N(P)P(=O)(OI)Oc1cccc2ccccc12. The molecular formula is C14H16INO5P2. The van der Waals surface area contributed by atoms with Gasteiger partial charge in [0.2, 0.25) is 0 Å². The van der Waals surface area contributed by atoms with E-state index in [1.165, 1.54) is 23.0 Å². The van der Waals surface area contributed by atoms with Gasteiger partial charge in [-0.2, -0.15) is 4.44 Å². The molecule has 2 rings (SSSR count). The van der Waals surface area contributed by atoms with Crippen LogP contribution in [-0.4, -0.2) is 21.6 Å². The summed E-state index contributed by atoms with van der Waals surface area (Å²) < 4.78 is 24.7. The Morgan fingerprint density at radius 3 is 2.61 bits per heavy atom. The fourth-order valence-corrected chi connectivity index (χ4v) is 5.40. The number of hydrogen-bond acceptors (Lipinski definition) is 4. The van der Waals surface area contributed by atoms with E-state index in [1.54, 1.807) is 19.1 Å². The molecule has 0 aliphatic rings. The molecule has 0 spiro atoms. The van der Waals surface area contributed by atoms with Crippen LogP contribution in [0.4, 0.5) is 0 Å². The van der Waals surface area contributed by atoms with E-state index in [4.69, 9.17) is 7.38 Å². The van der Waals surface area contributed by atoms with Crippen LogP contribution in [-0.2, 0) is 12.2 Å². The molecule has 124 valence electrons. The number of aliphatic carboxylic acids is 1. The Balaban J connectivity index is 2.40. The first kappa shape index (κ1) is 18.6. The Hall–Kier alpha value is -0.720. The van der Waals surface area contributed by atoms with E-state index in [1.807, 2.05) is 30.3 Å². The van der Waals surface area contributed by atoms with Crippen molar-refractivity contribution in [3.05, 3.63) is 42.5 Å². The lowest BCUT2D eigenvalue weighted by molar-refractivity contribution is -0.140. The third-order valence-electron chi connectivity index (χ3n) is 3.32. The molecule has 23 heavy (non-hydrogen) atoms. The smallest absolute Gasteiger partial charge is 0.474 e. The number of nitrogens with zero attached hydrogens (tertiary/aromatic N) is 1. The molecule has 0 aliphatic carbocycles. The standard InChI is InChI=1S/C14H16INO5P2/c1-2-12(14(17)18)16(22)23(19,21-15)20-13-9-5-7-10-6-3-4-8-11(10)13/h3-9,12H,2,22H2,1H3,(H,17,18)/t12-,23?/m1/s1. The van der Waals surface area contributed by atoms with Gasteiger partial charge in [0.25, 0.3) is 0 Å². The Morgan fingerprint density at radius 2 is 2.00 bits per heavy atom. The molecule has 0 heterocycles. The van der Waals surface area contributed by atoms with E-state index in [-0.39, 0.29) is 6.42 Å². The fraction of sp³-hybridized carbons (Fsp3) is 0.214. The summed E-state index contributed by atoms with van der Waals surface area (Å²) in [7, 11) is -1.70. The molecule has 0 saturated heterocycles. The topological polar surface area (TPSA) is 76.1 Å². The second-order valence-electron chi connectivity index (χ2n) is 4.75. The molecule has 0 aliphatic heterocycles. The summed E-state index contributed by atoms with van der Waals surface area (Å²) in [6, 6.07) is 11.8. The quantitative estimate of drug-likeness (QED) is 0.472. The van der Waals surface area contributed by atoms with Crippen LogP contribution in [0.5, 0.6) is 5.75 Å². The Kier molecular flexibility index (Phi) is 6.40. The molecule has 0 fully saturated rings. The summed E-state index contributed by atoms with van der Waals surface area (Å²) in [5.74, 6) is -0.728. The number of benzene rings is 2. The Bertz CT molecular complexity index is 752. The molecule has 0 radical (unpaired) electrons.